The molecule has 8 nitrogen and oxygen atoms in total. The van der Waals surface area contributed by atoms with Crippen LogP contribution in [0.2, 0.25) is 0 Å². The number of hydrogen-bond donors (Lipinski definition) is 1. The maximum atomic E-state index is 11.8. The fraction of sp³-hybridized carbons (Fsp3) is 0.556. The average Bonchev–Trinajstić information content (AvgIpc) is 2.68. The fourth-order valence-corrected chi connectivity index (χ4v) is 3.55. The number of hydrogen-bond acceptors (Lipinski definition) is 5. The van der Waals surface area contributed by atoms with Gasteiger partial charge in [-0.15, -0.1) is 24.0 Å². The third-order valence-electron chi connectivity index (χ3n) is 4.26. The SMILES string of the molecule is CCOC(=O)N1CCN(C(=NC)NCc2cc(Br)c(OC)c(OC)c2)CC1.I. The van der Waals surface area contributed by atoms with E-state index in [2.05, 4.69) is 31.1 Å². The smallest absolute Gasteiger partial charge is 0.409 e. The summed E-state index contributed by atoms with van der Waals surface area (Å²) in [5.41, 5.74) is 1.03. The first-order valence-electron chi connectivity index (χ1n) is 8.81. The van der Waals surface area contributed by atoms with Crippen LogP contribution in [0.25, 0.3) is 0 Å². The van der Waals surface area contributed by atoms with E-state index in [0.717, 1.165) is 16.0 Å². The summed E-state index contributed by atoms with van der Waals surface area (Å²) in [5, 5.41) is 3.36. The van der Waals surface area contributed by atoms with Gasteiger partial charge in [0.15, 0.2) is 17.5 Å². The lowest BCUT2D eigenvalue weighted by atomic mass is 10.2. The zero-order valence-electron chi connectivity index (χ0n) is 16.7. The molecule has 10 heteroatoms. The zero-order valence-corrected chi connectivity index (χ0v) is 20.6. The van der Waals surface area contributed by atoms with E-state index in [1.807, 2.05) is 19.1 Å². The molecule has 0 bridgehead atoms. The van der Waals surface area contributed by atoms with Gasteiger partial charge in [-0.05, 0) is 40.5 Å². The lowest BCUT2D eigenvalue weighted by Crippen LogP contribution is -2.53. The van der Waals surface area contributed by atoms with E-state index in [4.69, 9.17) is 14.2 Å². The number of carbonyl (C=O) groups excluding carboxylic acids is 1. The molecule has 0 saturated carbocycles. The Balaban J connectivity index is 0.00000392. The molecule has 1 N–H and O–H groups in total. The van der Waals surface area contributed by atoms with Gasteiger partial charge in [0.2, 0.25) is 0 Å². The number of ether oxygens (including phenoxy) is 3. The number of methoxy groups -OCH3 is 2. The maximum Gasteiger partial charge on any atom is 0.409 e. The van der Waals surface area contributed by atoms with Gasteiger partial charge in [0.1, 0.15) is 0 Å². The second kappa shape index (κ2) is 12.2. The minimum Gasteiger partial charge on any atom is -0.493 e. The Kier molecular flexibility index (Phi) is 10.7. The van der Waals surface area contributed by atoms with Gasteiger partial charge in [0.25, 0.3) is 0 Å². The number of nitrogens with zero attached hydrogens (tertiary/aromatic N) is 3. The monoisotopic (exact) mass is 570 g/mol. The molecule has 1 aromatic rings. The van der Waals surface area contributed by atoms with Crippen LogP contribution in [-0.2, 0) is 11.3 Å². The van der Waals surface area contributed by atoms with Crippen molar-refractivity contribution in [3.63, 3.8) is 0 Å². The first-order valence-corrected chi connectivity index (χ1v) is 9.61. The van der Waals surface area contributed by atoms with Gasteiger partial charge in [0.05, 0.1) is 25.3 Å². The maximum absolute atomic E-state index is 11.8. The molecular formula is C18H28BrIN4O4. The van der Waals surface area contributed by atoms with E-state index >= 15 is 0 Å². The van der Waals surface area contributed by atoms with Crippen molar-refractivity contribution in [2.45, 2.75) is 13.5 Å². The van der Waals surface area contributed by atoms with Crippen molar-refractivity contribution >= 4 is 52.0 Å². The summed E-state index contributed by atoms with van der Waals surface area (Å²) in [6.45, 7) is 5.42. The van der Waals surface area contributed by atoms with Crippen LogP contribution in [0.3, 0.4) is 0 Å². The van der Waals surface area contributed by atoms with Gasteiger partial charge in [-0.2, -0.15) is 0 Å². The van der Waals surface area contributed by atoms with E-state index in [9.17, 15) is 4.79 Å². The molecule has 1 aliphatic rings. The quantitative estimate of drug-likeness (QED) is 0.333. The minimum absolute atomic E-state index is 0. The van der Waals surface area contributed by atoms with Gasteiger partial charge in [-0.25, -0.2) is 4.79 Å². The largest absolute Gasteiger partial charge is 0.493 e. The Labute approximate surface area is 191 Å². The molecule has 1 aliphatic heterocycles. The summed E-state index contributed by atoms with van der Waals surface area (Å²) in [6.07, 6.45) is -0.254. The normalized spacial score (nSPS) is 14.2. The number of carbonyl (C=O) groups is 1. The standard InChI is InChI=1S/C18H27BrN4O4.HI/c1-5-27-18(24)23-8-6-22(7-9-23)17(20-2)21-12-13-10-14(19)16(26-4)15(11-13)25-3;/h10-11H,5-9,12H2,1-4H3,(H,20,21);1H. The third-order valence-corrected chi connectivity index (χ3v) is 4.85. The van der Waals surface area contributed by atoms with Crippen molar-refractivity contribution in [3.05, 3.63) is 22.2 Å². The molecule has 0 aliphatic carbocycles. The Hall–Kier alpha value is -1.43. The molecule has 1 amide bonds. The molecule has 2 rings (SSSR count). The van der Waals surface area contributed by atoms with Crippen molar-refractivity contribution in [2.24, 2.45) is 4.99 Å². The number of nitrogens with one attached hydrogen (secondary N) is 1. The summed E-state index contributed by atoms with van der Waals surface area (Å²) in [7, 11) is 4.98. The summed E-state index contributed by atoms with van der Waals surface area (Å²) in [6, 6.07) is 3.92. The number of guanidine groups is 1. The van der Waals surface area contributed by atoms with Crippen LogP contribution in [0, 0.1) is 0 Å². The second-order valence-electron chi connectivity index (χ2n) is 5.89. The van der Waals surface area contributed by atoms with Crippen molar-refractivity contribution in [1.29, 1.82) is 0 Å². The number of amides is 1. The lowest BCUT2D eigenvalue weighted by Gasteiger charge is -2.35. The van der Waals surface area contributed by atoms with Gasteiger partial charge >= 0.3 is 6.09 Å². The van der Waals surface area contributed by atoms with E-state index in [1.54, 1.807) is 26.2 Å². The topological polar surface area (TPSA) is 75.6 Å². The first kappa shape index (κ1) is 24.6. The van der Waals surface area contributed by atoms with E-state index < -0.39 is 0 Å². The van der Waals surface area contributed by atoms with Crippen LogP contribution in [0.15, 0.2) is 21.6 Å². The number of halogens is 2. The molecule has 1 aromatic carbocycles. The minimum atomic E-state index is -0.254. The van der Waals surface area contributed by atoms with Gasteiger partial charge in [0, 0.05) is 39.8 Å². The second-order valence-corrected chi connectivity index (χ2v) is 6.74. The predicted octanol–water partition coefficient (Wildman–Crippen LogP) is 2.93. The summed E-state index contributed by atoms with van der Waals surface area (Å²) < 4.78 is 16.6. The Morgan fingerprint density at radius 2 is 1.82 bits per heavy atom. The summed E-state index contributed by atoms with van der Waals surface area (Å²) in [5.74, 6) is 2.13. The molecule has 0 spiro atoms. The van der Waals surface area contributed by atoms with Gasteiger partial charge in [-0.1, -0.05) is 0 Å². The highest BCUT2D eigenvalue weighted by molar-refractivity contribution is 14.0. The first-order chi connectivity index (χ1) is 13.0. The third kappa shape index (κ3) is 6.29. The van der Waals surface area contributed by atoms with E-state index in [1.165, 1.54) is 0 Å². The molecule has 1 fully saturated rings. The average molecular weight is 571 g/mol. The number of rotatable bonds is 5. The molecule has 1 heterocycles. The molecule has 0 unspecified atom stereocenters. The van der Waals surface area contributed by atoms with Gasteiger partial charge < -0.3 is 29.3 Å². The summed E-state index contributed by atoms with van der Waals surface area (Å²) >= 11 is 3.51. The van der Waals surface area contributed by atoms with Crippen molar-refractivity contribution in [2.75, 3.05) is 54.1 Å². The molecule has 0 aromatic heterocycles. The highest BCUT2D eigenvalue weighted by Gasteiger charge is 2.23. The van der Waals surface area contributed by atoms with Crippen LogP contribution < -0.4 is 14.8 Å². The zero-order chi connectivity index (χ0) is 19.8. The van der Waals surface area contributed by atoms with Crippen LogP contribution in [-0.4, -0.2) is 75.9 Å². The Morgan fingerprint density at radius 1 is 1.18 bits per heavy atom. The molecule has 158 valence electrons. The van der Waals surface area contributed by atoms with Gasteiger partial charge in [-0.3, -0.25) is 4.99 Å². The van der Waals surface area contributed by atoms with E-state index in [-0.39, 0.29) is 30.1 Å². The van der Waals surface area contributed by atoms with Crippen LogP contribution >= 0.6 is 39.9 Å². The fourth-order valence-electron chi connectivity index (χ4n) is 2.90. The molecule has 1 saturated heterocycles. The highest BCUT2D eigenvalue weighted by Crippen LogP contribution is 2.36. The number of piperazine rings is 1. The van der Waals surface area contributed by atoms with Crippen LogP contribution in [0.1, 0.15) is 12.5 Å². The van der Waals surface area contributed by atoms with Crippen LogP contribution in [0.5, 0.6) is 11.5 Å². The van der Waals surface area contributed by atoms with Crippen molar-refractivity contribution in [1.82, 2.24) is 15.1 Å². The van der Waals surface area contributed by atoms with Crippen molar-refractivity contribution < 1.29 is 19.0 Å². The molecule has 28 heavy (non-hydrogen) atoms. The van der Waals surface area contributed by atoms with Crippen LogP contribution in [0.4, 0.5) is 4.79 Å². The van der Waals surface area contributed by atoms with Crippen molar-refractivity contribution in [3.8, 4) is 11.5 Å². The Bertz CT molecular complexity index is 682. The van der Waals surface area contributed by atoms with E-state index in [0.29, 0.717) is 50.8 Å². The molecule has 0 radical (unpaired) electrons. The molecular weight excluding hydrogens is 543 g/mol. The predicted molar refractivity (Wildman–Crippen MR) is 123 cm³/mol. The number of aliphatic imine (C=N–C) groups is 1. The number of benzene rings is 1. The molecule has 0 atom stereocenters. The Morgan fingerprint density at radius 3 is 2.36 bits per heavy atom. The highest BCUT2D eigenvalue weighted by atomic mass is 127. The lowest BCUT2D eigenvalue weighted by molar-refractivity contribution is 0.0914. The summed E-state index contributed by atoms with van der Waals surface area (Å²) in [4.78, 5) is 20.0.